The normalized spacial score (nSPS) is 15.5. The summed E-state index contributed by atoms with van der Waals surface area (Å²) < 4.78 is 10.8. The number of rotatable bonds is 5. The number of pyridine rings is 1. The summed E-state index contributed by atoms with van der Waals surface area (Å²) in [5, 5.41) is 10.9. The zero-order chi connectivity index (χ0) is 22.1. The molecule has 0 radical (unpaired) electrons. The molecule has 1 unspecified atom stereocenters. The molecular formula is C23H21ClN2O5. The maximum absolute atomic E-state index is 13.4. The first-order valence-corrected chi connectivity index (χ1v) is 10.1. The van der Waals surface area contributed by atoms with Gasteiger partial charge in [0.15, 0.2) is 11.5 Å². The quantitative estimate of drug-likeness (QED) is 0.642. The number of carbonyl (C=O) groups is 2. The zero-order valence-electron chi connectivity index (χ0n) is 17.1. The van der Waals surface area contributed by atoms with E-state index >= 15 is 0 Å². The Morgan fingerprint density at radius 3 is 2.55 bits per heavy atom. The molecule has 1 aliphatic heterocycles. The molecule has 1 aliphatic rings. The topological polar surface area (TPSA) is 89.0 Å². The Kier molecular flexibility index (Phi) is 5.69. The molecule has 3 aromatic rings. The van der Waals surface area contributed by atoms with E-state index in [2.05, 4.69) is 4.98 Å². The number of carboxylic acids is 1. The lowest BCUT2D eigenvalue weighted by atomic mass is 9.89. The van der Waals surface area contributed by atoms with Gasteiger partial charge in [-0.05, 0) is 47.9 Å². The maximum Gasteiger partial charge on any atom is 0.305 e. The van der Waals surface area contributed by atoms with Crippen LogP contribution in [0.2, 0.25) is 5.02 Å². The van der Waals surface area contributed by atoms with E-state index in [0.29, 0.717) is 35.0 Å². The van der Waals surface area contributed by atoms with Gasteiger partial charge in [0.05, 0.1) is 32.2 Å². The molecule has 0 saturated heterocycles. The minimum Gasteiger partial charge on any atom is -0.493 e. The summed E-state index contributed by atoms with van der Waals surface area (Å²) in [5.41, 5.74) is 2.53. The second-order valence-corrected chi connectivity index (χ2v) is 7.74. The Balaban J connectivity index is 1.75. The van der Waals surface area contributed by atoms with Gasteiger partial charge in [-0.2, -0.15) is 0 Å². The molecule has 1 atom stereocenters. The van der Waals surface area contributed by atoms with Crippen molar-refractivity contribution in [3.05, 3.63) is 64.3 Å². The lowest BCUT2D eigenvalue weighted by Crippen LogP contribution is -2.41. The number of hydrogen-bond donors (Lipinski definition) is 1. The first kappa shape index (κ1) is 20.9. The van der Waals surface area contributed by atoms with E-state index in [-0.39, 0.29) is 18.0 Å². The molecule has 0 spiro atoms. The number of ether oxygens (including phenoxy) is 2. The summed E-state index contributed by atoms with van der Waals surface area (Å²) in [7, 11) is 3.07. The zero-order valence-corrected chi connectivity index (χ0v) is 17.8. The minimum atomic E-state index is -0.997. The lowest BCUT2D eigenvalue weighted by Gasteiger charge is -2.37. The van der Waals surface area contributed by atoms with Crippen molar-refractivity contribution in [2.75, 3.05) is 20.8 Å². The first-order chi connectivity index (χ1) is 14.9. The van der Waals surface area contributed by atoms with E-state index in [1.165, 1.54) is 7.11 Å². The number of carboxylic acid groups (broad SMARTS) is 1. The van der Waals surface area contributed by atoms with Gasteiger partial charge in [-0.15, -0.1) is 0 Å². The smallest absolute Gasteiger partial charge is 0.305 e. The molecular weight excluding hydrogens is 420 g/mol. The van der Waals surface area contributed by atoms with Crippen LogP contribution in [0.15, 0.2) is 42.5 Å². The van der Waals surface area contributed by atoms with Gasteiger partial charge in [-0.25, -0.2) is 4.98 Å². The number of fused-ring (bicyclic) bond motifs is 2. The summed E-state index contributed by atoms with van der Waals surface area (Å²) in [6.07, 6.45) is 0.338. The maximum atomic E-state index is 13.4. The summed E-state index contributed by atoms with van der Waals surface area (Å²) in [4.78, 5) is 31.1. The number of benzene rings is 2. The number of amides is 1. The van der Waals surface area contributed by atoms with Gasteiger partial charge in [0, 0.05) is 17.0 Å². The molecule has 1 aromatic heterocycles. The molecule has 0 aliphatic carbocycles. The fraction of sp³-hybridized carbons (Fsp3) is 0.261. The van der Waals surface area contributed by atoms with E-state index < -0.39 is 12.0 Å². The molecule has 2 heterocycles. The number of aromatic nitrogens is 1. The van der Waals surface area contributed by atoms with Crippen LogP contribution in [0.3, 0.4) is 0 Å². The van der Waals surface area contributed by atoms with Crippen LogP contribution in [0.5, 0.6) is 11.5 Å². The lowest BCUT2D eigenvalue weighted by molar-refractivity contribution is -0.138. The van der Waals surface area contributed by atoms with Crippen LogP contribution in [0.1, 0.15) is 34.1 Å². The third-order valence-corrected chi connectivity index (χ3v) is 5.74. The van der Waals surface area contributed by atoms with Gasteiger partial charge in [0.25, 0.3) is 5.91 Å². The summed E-state index contributed by atoms with van der Waals surface area (Å²) in [6.45, 7) is 0.370. The van der Waals surface area contributed by atoms with Gasteiger partial charge in [-0.1, -0.05) is 23.7 Å². The van der Waals surface area contributed by atoms with E-state index in [4.69, 9.17) is 21.1 Å². The highest BCUT2D eigenvalue weighted by atomic mass is 35.5. The second-order valence-electron chi connectivity index (χ2n) is 7.30. The van der Waals surface area contributed by atoms with Crippen molar-refractivity contribution in [2.24, 2.45) is 0 Å². The molecule has 1 N–H and O–H groups in total. The van der Waals surface area contributed by atoms with Crippen LogP contribution in [0.4, 0.5) is 0 Å². The second kappa shape index (κ2) is 8.43. The SMILES string of the molecule is COc1cc2c(cc1OC)C(CC(=O)O)N(C(=O)c1ccc3ccc(Cl)cc3n1)CC2. The predicted molar refractivity (Wildman–Crippen MR) is 116 cm³/mol. The first-order valence-electron chi connectivity index (χ1n) is 9.75. The van der Waals surface area contributed by atoms with Gasteiger partial charge in [-0.3, -0.25) is 9.59 Å². The Morgan fingerprint density at radius 2 is 1.84 bits per heavy atom. The number of hydrogen-bond acceptors (Lipinski definition) is 5. The van der Waals surface area contributed by atoms with Crippen LogP contribution in [-0.2, 0) is 11.2 Å². The van der Waals surface area contributed by atoms with Crippen molar-refractivity contribution >= 4 is 34.4 Å². The van der Waals surface area contributed by atoms with Crippen LogP contribution in [-0.4, -0.2) is 47.6 Å². The molecule has 2 aromatic carbocycles. The van der Waals surface area contributed by atoms with Crippen molar-refractivity contribution in [1.82, 2.24) is 9.88 Å². The van der Waals surface area contributed by atoms with Crippen LogP contribution in [0.25, 0.3) is 10.9 Å². The van der Waals surface area contributed by atoms with Gasteiger partial charge >= 0.3 is 5.97 Å². The average Bonchev–Trinajstić information content (AvgIpc) is 2.77. The number of aliphatic carboxylic acids is 1. The van der Waals surface area contributed by atoms with Gasteiger partial charge in [0.2, 0.25) is 0 Å². The molecule has 7 nitrogen and oxygen atoms in total. The van der Waals surface area contributed by atoms with Gasteiger partial charge < -0.3 is 19.5 Å². The largest absolute Gasteiger partial charge is 0.493 e. The predicted octanol–water partition coefficient (Wildman–Crippen LogP) is 4.12. The molecule has 4 rings (SSSR count). The highest BCUT2D eigenvalue weighted by Crippen LogP contribution is 2.40. The standard InChI is InChI=1S/C23H21ClN2O5/c1-30-20-9-14-7-8-26(19(12-22(27)28)16(14)11-21(20)31-2)23(29)17-6-4-13-3-5-15(24)10-18(13)25-17/h3-6,9-11,19H,7-8,12H2,1-2H3,(H,27,28). The highest BCUT2D eigenvalue weighted by molar-refractivity contribution is 6.31. The molecule has 31 heavy (non-hydrogen) atoms. The highest BCUT2D eigenvalue weighted by Gasteiger charge is 2.34. The number of methoxy groups -OCH3 is 2. The molecule has 1 amide bonds. The Morgan fingerprint density at radius 1 is 1.13 bits per heavy atom. The summed E-state index contributed by atoms with van der Waals surface area (Å²) >= 11 is 6.07. The molecule has 160 valence electrons. The van der Waals surface area contributed by atoms with E-state index in [1.807, 2.05) is 18.2 Å². The third-order valence-electron chi connectivity index (χ3n) is 5.50. The summed E-state index contributed by atoms with van der Waals surface area (Å²) in [6, 6.07) is 11.7. The Hall–Kier alpha value is -3.32. The monoisotopic (exact) mass is 440 g/mol. The fourth-order valence-electron chi connectivity index (χ4n) is 4.01. The van der Waals surface area contributed by atoms with Crippen molar-refractivity contribution in [2.45, 2.75) is 18.9 Å². The molecule has 0 bridgehead atoms. The van der Waals surface area contributed by atoms with Crippen LogP contribution in [0, 0.1) is 0 Å². The van der Waals surface area contributed by atoms with E-state index in [9.17, 15) is 14.7 Å². The molecule has 0 saturated carbocycles. The minimum absolute atomic E-state index is 0.229. The van der Waals surface area contributed by atoms with E-state index in [0.717, 1.165) is 16.5 Å². The van der Waals surface area contributed by atoms with Crippen LogP contribution < -0.4 is 9.47 Å². The molecule has 0 fully saturated rings. The fourth-order valence-corrected chi connectivity index (χ4v) is 4.18. The number of halogens is 1. The number of nitrogens with zero attached hydrogens (tertiary/aromatic N) is 2. The van der Waals surface area contributed by atoms with E-state index in [1.54, 1.807) is 36.3 Å². The van der Waals surface area contributed by atoms with Crippen molar-refractivity contribution in [3.8, 4) is 11.5 Å². The number of carbonyl (C=O) groups excluding carboxylic acids is 1. The van der Waals surface area contributed by atoms with Gasteiger partial charge in [0.1, 0.15) is 5.69 Å². The summed E-state index contributed by atoms with van der Waals surface area (Å²) in [5.74, 6) is -0.259. The molecule has 8 heteroatoms. The van der Waals surface area contributed by atoms with Crippen molar-refractivity contribution in [3.63, 3.8) is 0 Å². The van der Waals surface area contributed by atoms with Crippen LogP contribution >= 0.6 is 11.6 Å². The third kappa shape index (κ3) is 4.01. The Labute approximate surface area is 184 Å². The Bertz CT molecular complexity index is 1180. The average molecular weight is 441 g/mol. The van der Waals surface area contributed by atoms with Crippen molar-refractivity contribution in [1.29, 1.82) is 0 Å². The van der Waals surface area contributed by atoms with Crippen molar-refractivity contribution < 1.29 is 24.2 Å².